The van der Waals surface area contributed by atoms with Crippen LogP contribution >= 0.6 is 0 Å². The number of aromatic amines is 1. The third kappa shape index (κ3) is 15.4. The van der Waals surface area contributed by atoms with Gasteiger partial charge in [0.2, 0.25) is 11.7 Å². The van der Waals surface area contributed by atoms with Crippen LogP contribution in [0.4, 0.5) is 52.7 Å². The summed E-state index contributed by atoms with van der Waals surface area (Å²) in [6.45, 7) is 4.15. The number of fused-ring (bicyclic) bond motifs is 1. The molecule has 1 saturated carbocycles. The molecule has 364 valence electrons. The SMILES string of the molecule is CCN(CCO)Cc1cc(O[C@H]2CC[C@@H](N3CC(CC#N)(n4cc(-c5ncnc6[nH]ccc56)cn4)C3)CC2)nc(C(F)(F)F)n1.O=C(O)C(F)(F)F.O=C(O)C(F)(F)F.O=C(O)C(F)(F)F. The first-order chi connectivity index (χ1) is 30.5. The van der Waals surface area contributed by atoms with Crippen LogP contribution in [0.1, 0.15) is 50.5 Å². The molecule has 1 aliphatic heterocycles. The highest BCUT2D eigenvalue weighted by molar-refractivity contribution is 5.90. The second-order valence-corrected chi connectivity index (χ2v) is 14.2. The van der Waals surface area contributed by atoms with E-state index in [9.17, 15) is 63.1 Å². The van der Waals surface area contributed by atoms with E-state index in [2.05, 4.69) is 41.0 Å². The van der Waals surface area contributed by atoms with Crippen LogP contribution in [0, 0.1) is 11.3 Å². The number of hydrogen-bond donors (Lipinski definition) is 5. The second-order valence-electron chi connectivity index (χ2n) is 14.2. The van der Waals surface area contributed by atoms with Crippen LogP contribution in [-0.4, -0.2) is 146 Å². The van der Waals surface area contributed by atoms with Gasteiger partial charge in [-0.2, -0.15) is 68.0 Å². The van der Waals surface area contributed by atoms with Gasteiger partial charge in [-0.15, -0.1) is 0 Å². The summed E-state index contributed by atoms with van der Waals surface area (Å²) in [4.78, 5) is 50.1. The highest BCUT2D eigenvalue weighted by Crippen LogP contribution is 2.39. The second kappa shape index (κ2) is 22.2. The molecule has 0 aromatic carbocycles. The zero-order chi connectivity index (χ0) is 49.8. The van der Waals surface area contributed by atoms with Gasteiger partial charge >= 0.3 is 42.6 Å². The van der Waals surface area contributed by atoms with Gasteiger partial charge in [-0.1, -0.05) is 6.92 Å². The van der Waals surface area contributed by atoms with Gasteiger partial charge in [-0.25, -0.2) is 29.3 Å². The van der Waals surface area contributed by atoms with Gasteiger partial charge in [0.1, 0.15) is 23.6 Å². The maximum Gasteiger partial charge on any atom is 0.490 e. The van der Waals surface area contributed by atoms with E-state index in [1.807, 2.05) is 30.1 Å². The number of halogens is 12. The molecular weight excluding hydrogens is 928 g/mol. The summed E-state index contributed by atoms with van der Waals surface area (Å²) in [5, 5.41) is 45.8. The molecular formula is C36H38F12N10O8. The number of alkyl halides is 12. The number of carbonyl (C=O) groups is 3. The summed E-state index contributed by atoms with van der Waals surface area (Å²) in [5.74, 6) is -9.58. The summed E-state index contributed by atoms with van der Waals surface area (Å²) in [7, 11) is 0. The number of aliphatic hydroxyl groups excluding tert-OH is 1. The molecule has 5 N–H and O–H groups in total. The molecule has 0 radical (unpaired) electrons. The van der Waals surface area contributed by atoms with Crippen LogP contribution < -0.4 is 4.74 Å². The Morgan fingerprint density at radius 2 is 1.47 bits per heavy atom. The molecule has 0 unspecified atom stereocenters. The number of carboxylic acid groups (broad SMARTS) is 3. The smallest absolute Gasteiger partial charge is 0.475 e. The molecule has 66 heavy (non-hydrogen) atoms. The van der Waals surface area contributed by atoms with Crippen molar-refractivity contribution in [1.29, 1.82) is 5.26 Å². The molecule has 2 aliphatic rings. The topological polar surface area (TPSA) is 257 Å². The number of aliphatic carboxylic acids is 3. The number of nitriles is 1. The molecule has 1 saturated heterocycles. The first kappa shape index (κ1) is 54.0. The number of likely N-dealkylation sites (N-methyl/N-ethyl adjacent to an activating group) is 1. The number of nitrogens with zero attached hydrogens (tertiary/aromatic N) is 9. The Morgan fingerprint density at radius 1 is 0.909 bits per heavy atom. The summed E-state index contributed by atoms with van der Waals surface area (Å²) >= 11 is 0. The standard InChI is InChI=1S/C30H35F3N10O2.3C2HF3O2/c1-2-41(11-12-44)16-21-13-25(40-28(39-21)30(31,32)33)45-23-5-3-22(4-6-23)42-17-29(18-42,8-9-34)43-15-20(14-38-43)26-24-7-10-35-27(24)37-19-36-26;3*3-2(4,5)1(6)7/h7,10,13-15,19,22-23,44H,2-6,8,11-12,16-18H2,1H3,(H,35,36,37);3*(H,6,7)/t22-,23+;;;. The van der Waals surface area contributed by atoms with Crippen LogP contribution in [0.3, 0.4) is 0 Å². The Labute approximate surface area is 363 Å². The number of aliphatic hydroxyl groups is 1. The van der Waals surface area contributed by atoms with E-state index in [1.165, 1.54) is 12.4 Å². The van der Waals surface area contributed by atoms with E-state index in [0.29, 0.717) is 45.4 Å². The van der Waals surface area contributed by atoms with Crippen molar-refractivity contribution >= 4 is 28.9 Å². The first-order valence-corrected chi connectivity index (χ1v) is 18.8. The fraction of sp³-hybridized carbons (Fsp3) is 0.528. The molecule has 0 amide bonds. The average Bonchev–Trinajstić information content (AvgIpc) is 3.90. The fourth-order valence-corrected chi connectivity index (χ4v) is 6.42. The van der Waals surface area contributed by atoms with E-state index in [4.69, 9.17) is 34.4 Å². The normalized spacial score (nSPS) is 17.4. The molecule has 5 heterocycles. The van der Waals surface area contributed by atoms with Crippen molar-refractivity contribution < 1.29 is 92.2 Å². The summed E-state index contributed by atoms with van der Waals surface area (Å²) < 4.78 is 144. The Bertz CT molecular complexity index is 2220. The lowest BCUT2D eigenvalue weighted by Crippen LogP contribution is -2.65. The molecule has 2 fully saturated rings. The van der Waals surface area contributed by atoms with E-state index in [-0.39, 0.29) is 36.9 Å². The minimum Gasteiger partial charge on any atom is -0.475 e. The lowest BCUT2D eigenvalue weighted by atomic mass is 9.82. The van der Waals surface area contributed by atoms with Crippen molar-refractivity contribution in [1.82, 2.24) is 44.5 Å². The highest BCUT2D eigenvalue weighted by Gasteiger charge is 2.48. The minimum atomic E-state index is -5.08. The summed E-state index contributed by atoms with van der Waals surface area (Å²) in [6.07, 6.45) is -9.88. The number of likely N-dealkylation sites (tertiary alicyclic amines) is 1. The van der Waals surface area contributed by atoms with Crippen LogP contribution in [0.2, 0.25) is 0 Å². The number of carboxylic acids is 3. The highest BCUT2D eigenvalue weighted by atomic mass is 19.4. The molecule has 18 nitrogen and oxygen atoms in total. The molecule has 0 spiro atoms. The van der Waals surface area contributed by atoms with Crippen LogP contribution in [0.15, 0.2) is 37.1 Å². The Balaban J connectivity index is 0.000000457. The van der Waals surface area contributed by atoms with Gasteiger partial charge in [0.05, 0.1) is 36.7 Å². The Hall–Kier alpha value is -6.35. The molecule has 1 aliphatic carbocycles. The number of aromatic nitrogens is 7. The van der Waals surface area contributed by atoms with Gasteiger partial charge in [-0.05, 0) is 38.3 Å². The van der Waals surface area contributed by atoms with Crippen molar-refractivity contribution in [2.24, 2.45) is 0 Å². The Morgan fingerprint density at radius 3 is 1.95 bits per heavy atom. The van der Waals surface area contributed by atoms with Crippen molar-refractivity contribution in [2.75, 3.05) is 32.8 Å². The third-order valence-corrected chi connectivity index (χ3v) is 9.53. The molecule has 6 rings (SSSR count). The zero-order valence-electron chi connectivity index (χ0n) is 33.9. The van der Waals surface area contributed by atoms with Crippen molar-refractivity contribution in [3.8, 4) is 23.2 Å². The number of nitrogens with one attached hydrogen (secondary N) is 1. The number of ether oxygens (including phenoxy) is 1. The number of rotatable bonds is 11. The summed E-state index contributed by atoms with van der Waals surface area (Å²) in [6, 6.07) is 6.01. The third-order valence-electron chi connectivity index (χ3n) is 9.53. The molecule has 0 bridgehead atoms. The van der Waals surface area contributed by atoms with Gasteiger partial charge < -0.3 is 30.1 Å². The monoisotopic (exact) mass is 966 g/mol. The van der Waals surface area contributed by atoms with Gasteiger partial charge in [0.15, 0.2) is 0 Å². The molecule has 30 heteroatoms. The molecule has 4 aromatic heterocycles. The van der Waals surface area contributed by atoms with Crippen LogP contribution in [0.25, 0.3) is 22.3 Å². The van der Waals surface area contributed by atoms with E-state index >= 15 is 0 Å². The minimum absolute atomic E-state index is 0.0806. The maximum atomic E-state index is 13.6. The lowest BCUT2D eigenvalue weighted by molar-refractivity contribution is -0.193. The quantitative estimate of drug-likeness (QED) is 0.114. The van der Waals surface area contributed by atoms with Crippen LogP contribution in [0.5, 0.6) is 5.88 Å². The van der Waals surface area contributed by atoms with Gasteiger partial charge in [0, 0.05) is 61.6 Å². The fourth-order valence-electron chi connectivity index (χ4n) is 6.42. The molecule has 4 aromatic rings. The van der Waals surface area contributed by atoms with Crippen molar-refractivity contribution in [2.45, 2.75) is 88.0 Å². The van der Waals surface area contributed by atoms with E-state index in [1.54, 1.807) is 11.1 Å². The van der Waals surface area contributed by atoms with Crippen molar-refractivity contribution in [3.63, 3.8) is 0 Å². The lowest BCUT2D eigenvalue weighted by Gasteiger charge is -2.53. The number of H-pyrrole nitrogens is 1. The van der Waals surface area contributed by atoms with Gasteiger partial charge in [0.25, 0.3) is 0 Å². The maximum absolute atomic E-state index is 13.6. The Kier molecular flexibility index (Phi) is 18.2. The van der Waals surface area contributed by atoms with E-state index < -0.39 is 54.0 Å². The largest absolute Gasteiger partial charge is 0.490 e. The van der Waals surface area contributed by atoms with Gasteiger partial charge in [-0.3, -0.25) is 14.5 Å². The van der Waals surface area contributed by atoms with Crippen molar-refractivity contribution in [3.05, 3.63) is 48.6 Å². The summed E-state index contributed by atoms with van der Waals surface area (Å²) in [5.41, 5.74) is 2.13. The predicted molar refractivity (Wildman–Crippen MR) is 198 cm³/mol. The molecule has 0 atom stereocenters. The average molecular weight is 967 g/mol. The van der Waals surface area contributed by atoms with E-state index in [0.717, 1.165) is 35.1 Å². The number of hydrogen-bond acceptors (Lipinski definition) is 13. The predicted octanol–water partition coefficient (Wildman–Crippen LogP) is 5.66. The first-order valence-electron chi connectivity index (χ1n) is 18.8. The van der Waals surface area contributed by atoms with Crippen LogP contribution in [-0.2, 0) is 32.6 Å². The zero-order valence-corrected chi connectivity index (χ0v) is 33.9.